The summed E-state index contributed by atoms with van der Waals surface area (Å²) in [7, 11) is -1.43. The number of pyridine rings is 1. The van der Waals surface area contributed by atoms with Crippen molar-refractivity contribution in [2.75, 3.05) is 0 Å². The summed E-state index contributed by atoms with van der Waals surface area (Å²) in [6.07, 6.45) is 2.11. The van der Waals surface area contributed by atoms with Crippen LogP contribution in [-0.4, -0.2) is 13.1 Å². The molecule has 0 radical (unpaired) electrons. The van der Waals surface area contributed by atoms with Crippen LogP contribution in [0.4, 0.5) is 0 Å². The van der Waals surface area contributed by atoms with Crippen LogP contribution in [0.2, 0.25) is 19.6 Å². The number of benzene rings is 2. The fourth-order valence-corrected chi connectivity index (χ4v) is 5.35. The van der Waals surface area contributed by atoms with Crippen LogP contribution in [0.1, 0.15) is 25.3 Å². The highest BCUT2D eigenvalue weighted by Crippen LogP contribution is 2.35. The van der Waals surface area contributed by atoms with Crippen molar-refractivity contribution >= 4 is 35.2 Å². The quantitative estimate of drug-likeness (QED) is 0.400. The molecule has 2 aromatic carbocycles. The highest BCUT2D eigenvalue weighted by atomic mass is 28.3. The third kappa shape index (κ3) is 2.76. The molecule has 2 aromatic heterocycles. The van der Waals surface area contributed by atoms with E-state index < -0.39 is 8.07 Å². The third-order valence-electron chi connectivity index (χ3n) is 5.05. The van der Waals surface area contributed by atoms with Gasteiger partial charge in [-0.05, 0) is 34.9 Å². The molecule has 0 aliphatic carbocycles. The van der Waals surface area contributed by atoms with Crippen molar-refractivity contribution in [1.29, 1.82) is 0 Å². The minimum atomic E-state index is -1.43. The fraction of sp³-hybridized carbons (Fsp3) is 0.261. The molecule has 4 aromatic rings. The Labute approximate surface area is 155 Å². The second-order valence-corrected chi connectivity index (χ2v) is 13.4. The van der Waals surface area contributed by atoms with Crippen molar-refractivity contribution in [2.45, 2.75) is 39.4 Å². The van der Waals surface area contributed by atoms with Crippen molar-refractivity contribution in [3.63, 3.8) is 0 Å². The van der Waals surface area contributed by atoms with E-state index in [0.717, 1.165) is 33.2 Å². The van der Waals surface area contributed by atoms with Crippen molar-refractivity contribution in [3.8, 4) is 11.3 Å². The molecule has 0 saturated carbocycles. The van der Waals surface area contributed by atoms with Gasteiger partial charge in [0.25, 0.3) is 0 Å². The Morgan fingerprint density at radius 3 is 2.38 bits per heavy atom. The maximum Gasteiger partial charge on any atom is 0.144 e. The zero-order valence-electron chi connectivity index (χ0n) is 16.1. The molecule has 0 spiro atoms. The second kappa shape index (κ2) is 6.10. The van der Waals surface area contributed by atoms with Gasteiger partial charge >= 0.3 is 0 Å². The van der Waals surface area contributed by atoms with Gasteiger partial charge in [-0.15, -0.1) is 0 Å². The van der Waals surface area contributed by atoms with Crippen LogP contribution >= 0.6 is 0 Å². The average molecular weight is 360 g/mol. The van der Waals surface area contributed by atoms with Crippen LogP contribution in [-0.2, 0) is 0 Å². The predicted molar refractivity (Wildman–Crippen MR) is 114 cm³/mol. The largest absolute Gasteiger partial charge is 0.455 e. The van der Waals surface area contributed by atoms with Gasteiger partial charge in [-0.1, -0.05) is 63.8 Å². The van der Waals surface area contributed by atoms with E-state index >= 15 is 0 Å². The molecule has 2 nitrogen and oxygen atoms in total. The first-order chi connectivity index (χ1) is 12.4. The molecule has 0 saturated heterocycles. The monoisotopic (exact) mass is 359 g/mol. The van der Waals surface area contributed by atoms with E-state index in [1.165, 1.54) is 10.8 Å². The summed E-state index contributed by atoms with van der Waals surface area (Å²) in [6.45, 7) is 11.7. The van der Waals surface area contributed by atoms with Gasteiger partial charge in [0.05, 0.1) is 13.8 Å². The van der Waals surface area contributed by atoms with Gasteiger partial charge in [-0.2, -0.15) is 0 Å². The average Bonchev–Trinajstić information content (AvgIpc) is 2.99. The summed E-state index contributed by atoms with van der Waals surface area (Å²) in [5.41, 5.74) is 5.35. The van der Waals surface area contributed by atoms with E-state index in [4.69, 9.17) is 9.40 Å². The van der Waals surface area contributed by atoms with Gasteiger partial charge in [-0.25, -0.2) is 0 Å². The predicted octanol–water partition coefficient (Wildman–Crippen LogP) is 6.32. The molecule has 0 aliphatic rings. The van der Waals surface area contributed by atoms with Crippen LogP contribution in [0.15, 0.2) is 59.1 Å². The highest BCUT2D eigenvalue weighted by Gasteiger charge is 2.23. The number of nitrogens with zero attached hydrogens (tertiary/aromatic N) is 1. The van der Waals surface area contributed by atoms with Crippen molar-refractivity contribution in [3.05, 3.63) is 60.3 Å². The smallest absolute Gasteiger partial charge is 0.144 e. The zero-order valence-corrected chi connectivity index (χ0v) is 17.1. The van der Waals surface area contributed by atoms with Gasteiger partial charge in [0.2, 0.25) is 0 Å². The van der Waals surface area contributed by atoms with E-state index in [2.05, 4.69) is 76.1 Å². The lowest BCUT2D eigenvalue weighted by molar-refractivity contribution is 0.670. The standard InChI is InChI=1S/C23H25NOSi/c1-15(2)19-13-20(24-14-22(19)26(3,4)5)18-11-8-10-17-16-9-6-7-12-21(16)25-23(17)18/h6-15H,1-5H3. The molecule has 0 bridgehead atoms. The summed E-state index contributed by atoms with van der Waals surface area (Å²) < 4.78 is 6.20. The normalized spacial score (nSPS) is 12.4. The van der Waals surface area contributed by atoms with Gasteiger partial charge in [-0.3, -0.25) is 4.98 Å². The van der Waals surface area contributed by atoms with E-state index in [1.807, 2.05) is 12.1 Å². The molecule has 2 heterocycles. The first kappa shape index (κ1) is 17.0. The molecule has 26 heavy (non-hydrogen) atoms. The maximum atomic E-state index is 6.20. The Morgan fingerprint density at radius 1 is 0.923 bits per heavy atom. The Morgan fingerprint density at radius 2 is 1.65 bits per heavy atom. The number of rotatable bonds is 3. The lowest BCUT2D eigenvalue weighted by Crippen LogP contribution is -2.40. The van der Waals surface area contributed by atoms with Crippen LogP contribution < -0.4 is 5.19 Å². The number of para-hydroxylation sites is 2. The summed E-state index contributed by atoms with van der Waals surface area (Å²) in [5.74, 6) is 0.480. The lowest BCUT2D eigenvalue weighted by Gasteiger charge is -2.23. The molecule has 0 unspecified atom stereocenters. The van der Waals surface area contributed by atoms with E-state index in [-0.39, 0.29) is 0 Å². The minimum absolute atomic E-state index is 0.480. The number of hydrogen-bond donors (Lipinski definition) is 0. The minimum Gasteiger partial charge on any atom is -0.455 e. The zero-order chi connectivity index (χ0) is 18.5. The Bertz CT molecular complexity index is 1100. The molecule has 3 heteroatoms. The Hall–Kier alpha value is -2.39. The van der Waals surface area contributed by atoms with Crippen LogP contribution in [0.3, 0.4) is 0 Å². The van der Waals surface area contributed by atoms with Gasteiger partial charge in [0, 0.05) is 22.5 Å². The SMILES string of the molecule is CC(C)c1cc(-c2cccc3c2oc2ccccc23)ncc1[Si](C)(C)C. The van der Waals surface area contributed by atoms with Gasteiger partial charge in [0.1, 0.15) is 11.2 Å². The molecule has 0 atom stereocenters. The summed E-state index contributed by atoms with van der Waals surface area (Å²) >= 11 is 0. The third-order valence-corrected chi connectivity index (χ3v) is 7.08. The molecule has 0 amide bonds. The van der Waals surface area contributed by atoms with Crippen molar-refractivity contribution < 1.29 is 4.42 Å². The molecule has 0 N–H and O–H groups in total. The highest BCUT2D eigenvalue weighted by molar-refractivity contribution is 6.89. The van der Waals surface area contributed by atoms with E-state index in [1.54, 1.807) is 0 Å². The van der Waals surface area contributed by atoms with Gasteiger partial charge < -0.3 is 4.42 Å². The Balaban J connectivity index is 1.97. The summed E-state index contributed by atoms with van der Waals surface area (Å²) in [4.78, 5) is 4.85. The first-order valence-electron chi connectivity index (χ1n) is 9.27. The maximum absolute atomic E-state index is 6.20. The number of fused-ring (bicyclic) bond motifs is 3. The molecule has 0 aliphatic heterocycles. The molecular formula is C23H25NOSi. The van der Waals surface area contributed by atoms with Crippen LogP contribution in [0.5, 0.6) is 0 Å². The number of furan rings is 1. The van der Waals surface area contributed by atoms with Gasteiger partial charge in [0.15, 0.2) is 0 Å². The topological polar surface area (TPSA) is 26.0 Å². The number of aromatic nitrogens is 1. The lowest BCUT2D eigenvalue weighted by atomic mass is 10.0. The molecule has 0 fully saturated rings. The van der Waals surface area contributed by atoms with Crippen LogP contribution in [0.25, 0.3) is 33.2 Å². The van der Waals surface area contributed by atoms with E-state index in [9.17, 15) is 0 Å². The van der Waals surface area contributed by atoms with Crippen LogP contribution in [0, 0.1) is 0 Å². The molecule has 132 valence electrons. The first-order valence-corrected chi connectivity index (χ1v) is 12.8. The summed E-state index contributed by atoms with van der Waals surface area (Å²) in [5, 5.41) is 3.76. The summed E-state index contributed by atoms with van der Waals surface area (Å²) in [6, 6.07) is 16.8. The fourth-order valence-electron chi connectivity index (χ4n) is 3.67. The number of hydrogen-bond acceptors (Lipinski definition) is 2. The van der Waals surface area contributed by atoms with Crippen molar-refractivity contribution in [2.24, 2.45) is 0 Å². The molecule has 4 rings (SSSR count). The Kier molecular flexibility index (Phi) is 4.00. The second-order valence-electron chi connectivity index (χ2n) is 8.34. The van der Waals surface area contributed by atoms with Crippen molar-refractivity contribution in [1.82, 2.24) is 4.98 Å². The van der Waals surface area contributed by atoms with E-state index in [0.29, 0.717) is 5.92 Å². The molecular weight excluding hydrogens is 334 g/mol.